The van der Waals surface area contributed by atoms with Crippen LogP contribution in [0.1, 0.15) is 13.8 Å². The van der Waals surface area contributed by atoms with Crippen LogP contribution in [0.3, 0.4) is 0 Å². The molecule has 14 heavy (non-hydrogen) atoms. The molecule has 0 spiro atoms. The van der Waals surface area contributed by atoms with E-state index in [0.717, 1.165) is 0 Å². The lowest BCUT2D eigenvalue weighted by molar-refractivity contribution is -0.117. The van der Waals surface area contributed by atoms with Gasteiger partial charge >= 0.3 is 0 Å². The van der Waals surface area contributed by atoms with Gasteiger partial charge in [-0.15, -0.1) is 0 Å². The van der Waals surface area contributed by atoms with Crippen molar-refractivity contribution in [2.45, 2.75) is 19.4 Å². The van der Waals surface area contributed by atoms with Gasteiger partial charge in [-0.2, -0.15) is 8.42 Å². The van der Waals surface area contributed by atoms with E-state index in [0.29, 0.717) is 0 Å². The summed E-state index contributed by atoms with van der Waals surface area (Å²) in [5.74, 6) is -0.977. The number of carbonyl (C=O) groups is 1. The van der Waals surface area contributed by atoms with E-state index in [1.165, 1.54) is 13.8 Å². The third-order valence-corrected chi connectivity index (χ3v) is 2.82. The van der Waals surface area contributed by atoms with Gasteiger partial charge in [0.15, 0.2) is 0 Å². The van der Waals surface area contributed by atoms with Gasteiger partial charge in [0.2, 0.25) is 0 Å². The maximum absolute atomic E-state index is 11.1. The number of halogens is 1. The van der Waals surface area contributed by atoms with E-state index in [4.69, 9.17) is 4.55 Å². The second-order valence-electron chi connectivity index (χ2n) is 3.47. The topological polar surface area (TPSA) is 83.5 Å². The van der Waals surface area contributed by atoms with Crippen LogP contribution < -0.4 is 5.32 Å². The lowest BCUT2D eigenvalue weighted by Gasteiger charge is -2.24. The number of hydrogen-bond acceptors (Lipinski definition) is 3. The summed E-state index contributed by atoms with van der Waals surface area (Å²) in [6.07, 6.45) is 0. The first-order chi connectivity index (χ1) is 6.03. The molecule has 0 radical (unpaired) electrons. The Morgan fingerprint density at radius 1 is 1.57 bits per heavy atom. The van der Waals surface area contributed by atoms with E-state index >= 15 is 0 Å². The summed E-state index contributed by atoms with van der Waals surface area (Å²) >= 11 is 1.73. The summed E-state index contributed by atoms with van der Waals surface area (Å²) in [5, 5.41) is 2.43. The maximum atomic E-state index is 11.1. The van der Waals surface area contributed by atoms with Gasteiger partial charge in [0.05, 0.1) is 14.9 Å². The molecule has 0 fully saturated rings. The predicted octanol–water partition coefficient (Wildman–Crippen LogP) is 0.718. The minimum atomic E-state index is -4.10. The molecule has 1 amide bonds. The van der Waals surface area contributed by atoms with Crippen LogP contribution in [-0.2, 0) is 14.9 Å². The van der Waals surface area contributed by atoms with Crippen molar-refractivity contribution in [2.24, 2.45) is 0 Å². The Bertz CT molecular complexity index is 347. The quantitative estimate of drug-likeness (QED) is 0.451. The van der Waals surface area contributed by atoms with Crippen molar-refractivity contribution >= 4 is 38.6 Å². The van der Waals surface area contributed by atoms with E-state index in [-0.39, 0.29) is 3.58 Å². The standard InChI is InChI=1S/C7H12INO4S/c1-5(8)6(10)9-7(2,3)4-14(11,12)13/h1,4H2,2-3H3,(H,9,10)(H,11,12,13). The second kappa shape index (κ2) is 4.58. The Hall–Kier alpha value is -0.150. The Labute approximate surface area is 96.8 Å². The number of nitrogens with one attached hydrogen (secondary N) is 1. The monoisotopic (exact) mass is 333 g/mol. The minimum Gasteiger partial charge on any atom is -0.346 e. The SMILES string of the molecule is C=C(I)C(=O)NC(C)(C)CS(=O)(=O)O. The normalized spacial score (nSPS) is 12.3. The van der Waals surface area contributed by atoms with Gasteiger partial charge in [-0.25, -0.2) is 0 Å². The molecule has 0 aromatic carbocycles. The molecule has 0 bridgehead atoms. The summed E-state index contributed by atoms with van der Waals surface area (Å²) in [6.45, 7) is 6.39. The van der Waals surface area contributed by atoms with Gasteiger partial charge in [0, 0.05) is 0 Å². The average molecular weight is 333 g/mol. The van der Waals surface area contributed by atoms with Crippen LogP contribution in [0.2, 0.25) is 0 Å². The van der Waals surface area contributed by atoms with Crippen molar-refractivity contribution in [1.29, 1.82) is 0 Å². The van der Waals surface area contributed by atoms with Crippen LogP contribution in [0.15, 0.2) is 10.2 Å². The molecule has 0 saturated heterocycles. The lowest BCUT2D eigenvalue weighted by atomic mass is 10.1. The van der Waals surface area contributed by atoms with Crippen molar-refractivity contribution < 1.29 is 17.8 Å². The van der Waals surface area contributed by atoms with Crippen molar-refractivity contribution in [3.63, 3.8) is 0 Å². The summed E-state index contributed by atoms with van der Waals surface area (Å²) in [7, 11) is -4.10. The van der Waals surface area contributed by atoms with E-state index in [1.54, 1.807) is 22.6 Å². The minimum absolute atomic E-state index is 0.256. The molecule has 7 heteroatoms. The summed E-state index contributed by atoms with van der Waals surface area (Å²) in [4.78, 5) is 11.1. The largest absolute Gasteiger partial charge is 0.346 e. The van der Waals surface area contributed by atoms with E-state index < -0.39 is 27.3 Å². The highest BCUT2D eigenvalue weighted by Gasteiger charge is 2.26. The van der Waals surface area contributed by atoms with E-state index in [1.807, 2.05) is 0 Å². The molecule has 0 rings (SSSR count). The first-order valence-corrected chi connectivity index (χ1v) is 6.34. The molecular formula is C7H12INO4S. The van der Waals surface area contributed by atoms with Crippen LogP contribution in [0.25, 0.3) is 0 Å². The Morgan fingerprint density at radius 2 is 2.00 bits per heavy atom. The zero-order valence-electron chi connectivity index (χ0n) is 7.87. The van der Waals surface area contributed by atoms with Crippen LogP contribution >= 0.6 is 22.6 Å². The lowest BCUT2D eigenvalue weighted by Crippen LogP contribution is -2.48. The third kappa shape index (κ3) is 6.33. The first-order valence-electron chi connectivity index (χ1n) is 3.65. The van der Waals surface area contributed by atoms with Gasteiger partial charge < -0.3 is 5.32 Å². The zero-order valence-corrected chi connectivity index (χ0v) is 10.8. The summed E-state index contributed by atoms with van der Waals surface area (Å²) < 4.78 is 30.0. The van der Waals surface area contributed by atoms with Gasteiger partial charge in [-0.3, -0.25) is 9.35 Å². The molecule has 0 aliphatic rings. The van der Waals surface area contributed by atoms with Crippen molar-refractivity contribution in [2.75, 3.05) is 5.75 Å². The second-order valence-corrected chi connectivity index (χ2v) is 6.22. The van der Waals surface area contributed by atoms with Gasteiger partial charge in [0.1, 0.15) is 0 Å². The molecule has 0 atom stereocenters. The summed E-state index contributed by atoms with van der Waals surface area (Å²) in [6, 6.07) is 0. The zero-order chi connectivity index (χ0) is 11.6. The Morgan fingerprint density at radius 3 is 2.29 bits per heavy atom. The molecule has 0 aromatic rings. The van der Waals surface area contributed by atoms with Crippen molar-refractivity contribution in [3.05, 3.63) is 10.2 Å². The fraction of sp³-hybridized carbons (Fsp3) is 0.571. The number of carbonyl (C=O) groups excluding carboxylic acids is 1. The maximum Gasteiger partial charge on any atom is 0.267 e. The third-order valence-electron chi connectivity index (χ3n) is 1.24. The highest BCUT2D eigenvalue weighted by Crippen LogP contribution is 2.09. The fourth-order valence-corrected chi connectivity index (χ4v) is 1.99. The molecule has 0 aromatic heterocycles. The summed E-state index contributed by atoms with van der Waals surface area (Å²) in [5.41, 5.74) is -1.02. The van der Waals surface area contributed by atoms with E-state index in [9.17, 15) is 13.2 Å². The van der Waals surface area contributed by atoms with Crippen molar-refractivity contribution in [1.82, 2.24) is 5.32 Å². The number of rotatable bonds is 4. The molecule has 0 unspecified atom stereocenters. The van der Waals surface area contributed by atoms with Crippen LogP contribution in [-0.4, -0.2) is 30.2 Å². The van der Waals surface area contributed by atoms with Crippen LogP contribution in [0, 0.1) is 0 Å². The van der Waals surface area contributed by atoms with Gasteiger partial charge in [0.25, 0.3) is 16.0 Å². The molecule has 0 saturated carbocycles. The smallest absolute Gasteiger partial charge is 0.267 e. The molecular weight excluding hydrogens is 321 g/mol. The number of amides is 1. The van der Waals surface area contributed by atoms with Gasteiger partial charge in [-0.05, 0) is 36.4 Å². The Kier molecular flexibility index (Phi) is 4.53. The van der Waals surface area contributed by atoms with E-state index in [2.05, 4.69) is 11.9 Å². The fourth-order valence-electron chi connectivity index (χ4n) is 0.867. The van der Waals surface area contributed by atoms with Crippen molar-refractivity contribution in [3.8, 4) is 0 Å². The Balaban J connectivity index is 4.51. The highest BCUT2D eigenvalue weighted by atomic mass is 127. The molecule has 0 heterocycles. The molecule has 0 aliphatic carbocycles. The molecule has 5 nitrogen and oxygen atoms in total. The average Bonchev–Trinajstić information content (AvgIpc) is 1.78. The predicted molar refractivity (Wildman–Crippen MR) is 61.8 cm³/mol. The van der Waals surface area contributed by atoms with Crippen LogP contribution in [0.4, 0.5) is 0 Å². The molecule has 82 valence electrons. The highest BCUT2D eigenvalue weighted by molar-refractivity contribution is 14.1. The van der Waals surface area contributed by atoms with Gasteiger partial charge in [-0.1, -0.05) is 6.58 Å². The molecule has 0 aliphatic heterocycles. The molecule has 2 N–H and O–H groups in total. The van der Waals surface area contributed by atoms with Crippen LogP contribution in [0.5, 0.6) is 0 Å². The number of hydrogen-bond donors (Lipinski definition) is 2. The first kappa shape index (κ1) is 13.8.